The molecule has 0 saturated heterocycles. The predicted molar refractivity (Wildman–Crippen MR) is 80.3 cm³/mol. The smallest absolute Gasteiger partial charge is 0.194 e. The SMILES string of the molecule is FC1(F)C(c2ccsc2Cl)=C(c2ccsc2Cl)C(F)(F)C1(F)F. The molecule has 0 unspecified atom stereocenters. The molecule has 0 saturated carbocycles. The molecular weight excluding hydrogens is 405 g/mol. The average molecular weight is 409 g/mol. The van der Waals surface area contributed by atoms with Crippen LogP contribution in [0.15, 0.2) is 22.9 Å². The first-order valence-electron chi connectivity index (χ1n) is 5.89. The number of halogens is 8. The molecule has 0 amide bonds. The Hall–Kier alpha value is -0.700. The second-order valence-corrected chi connectivity index (χ2v) is 7.73. The second-order valence-electron chi connectivity index (χ2n) is 4.69. The number of allylic oxidation sites excluding steroid dienone is 2. The van der Waals surface area contributed by atoms with Crippen molar-refractivity contribution in [2.75, 3.05) is 0 Å². The van der Waals surface area contributed by atoms with Gasteiger partial charge in [0.05, 0.1) is 0 Å². The van der Waals surface area contributed by atoms with Gasteiger partial charge < -0.3 is 0 Å². The van der Waals surface area contributed by atoms with E-state index in [1.807, 2.05) is 0 Å². The molecule has 0 bridgehead atoms. The fraction of sp³-hybridized carbons (Fsp3) is 0.231. The van der Waals surface area contributed by atoms with Crippen molar-refractivity contribution >= 4 is 57.0 Å². The summed E-state index contributed by atoms with van der Waals surface area (Å²) in [4.78, 5) is 0. The van der Waals surface area contributed by atoms with Gasteiger partial charge in [-0.15, -0.1) is 22.7 Å². The van der Waals surface area contributed by atoms with Gasteiger partial charge in [-0.3, -0.25) is 0 Å². The molecule has 0 aliphatic heterocycles. The third-order valence-corrected chi connectivity index (χ3v) is 5.78. The van der Waals surface area contributed by atoms with Gasteiger partial charge in [0.1, 0.15) is 8.67 Å². The number of alkyl halides is 6. The topological polar surface area (TPSA) is 0 Å². The number of hydrogen-bond donors (Lipinski definition) is 0. The first kappa shape index (κ1) is 17.1. The van der Waals surface area contributed by atoms with E-state index in [2.05, 4.69) is 0 Å². The van der Waals surface area contributed by atoms with Crippen LogP contribution in [0.1, 0.15) is 11.1 Å². The van der Waals surface area contributed by atoms with Crippen molar-refractivity contribution in [2.24, 2.45) is 0 Å². The zero-order valence-electron chi connectivity index (χ0n) is 10.6. The second kappa shape index (κ2) is 5.15. The largest absolute Gasteiger partial charge is 0.380 e. The Morgan fingerprint density at radius 1 is 0.696 bits per heavy atom. The minimum atomic E-state index is -5.60. The molecular formula is C13H4Cl2F6S2. The lowest BCUT2D eigenvalue weighted by Crippen LogP contribution is -2.48. The van der Waals surface area contributed by atoms with Gasteiger partial charge in [-0.2, -0.15) is 26.3 Å². The average Bonchev–Trinajstić information content (AvgIpc) is 3.05. The molecule has 10 heteroatoms. The zero-order valence-corrected chi connectivity index (χ0v) is 13.8. The fourth-order valence-corrected chi connectivity index (χ4v) is 4.24. The molecule has 0 nitrogen and oxygen atoms in total. The van der Waals surface area contributed by atoms with Crippen molar-refractivity contribution in [1.29, 1.82) is 0 Å². The molecule has 0 radical (unpaired) electrons. The lowest BCUT2D eigenvalue weighted by molar-refractivity contribution is -0.254. The Morgan fingerprint density at radius 3 is 1.30 bits per heavy atom. The number of rotatable bonds is 2. The van der Waals surface area contributed by atoms with Gasteiger partial charge in [0.15, 0.2) is 0 Å². The van der Waals surface area contributed by atoms with Crippen LogP contribution in [0.25, 0.3) is 11.1 Å². The first-order valence-corrected chi connectivity index (χ1v) is 8.40. The van der Waals surface area contributed by atoms with Crippen molar-refractivity contribution in [2.45, 2.75) is 17.8 Å². The van der Waals surface area contributed by atoms with Crippen LogP contribution in [0.3, 0.4) is 0 Å². The summed E-state index contributed by atoms with van der Waals surface area (Å²) in [7, 11) is 0. The lowest BCUT2D eigenvalue weighted by Gasteiger charge is -2.25. The van der Waals surface area contributed by atoms with Crippen molar-refractivity contribution in [3.8, 4) is 0 Å². The van der Waals surface area contributed by atoms with Crippen LogP contribution in [0.2, 0.25) is 8.67 Å². The van der Waals surface area contributed by atoms with E-state index in [0.29, 0.717) is 0 Å². The Morgan fingerprint density at radius 2 is 1.04 bits per heavy atom. The Balaban J connectivity index is 2.44. The molecule has 1 aliphatic rings. The summed E-state index contributed by atoms with van der Waals surface area (Å²) in [6, 6.07) is 2.02. The monoisotopic (exact) mass is 408 g/mol. The quantitative estimate of drug-likeness (QED) is 0.471. The van der Waals surface area contributed by atoms with E-state index in [1.54, 1.807) is 0 Å². The van der Waals surface area contributed by atoms with Crippen LogP contribution in [0, 0.1) is 0 Å². The highest BCUT2D eigenvalue weighted by Gasteiger charge is 2.80. The molecule has 23 heavy (non-hydrogen) atoms. The first-order chi connectivity index (χ1) is 10.5. The van der Waals surface area contributed by atoms with Gasteiger partial charge in [-0.1, -0.05) is 23.2 Å². The molecule has 0 N–H and O–H groups in total. The van der Waals surface area contributed by atoms with Gasteiger partial charge in [0.25, 0.3) is 0 Å². The molecule has 0 aromatic carbocycles. The van der Waals surface area contributed by atoms with Gasteiger partial charge in [0, 0.05) is 22.3 Å². The summed E-state index contributed by atoms with van der Waals surface area (Å²) in [5, 5.41) is 2.50. The summed E-state index contributed by atoms with van der Waals surface area (Å²) in [5.74, 6) is -15.8. The molecule has 124 valence electrons. The minimum Gasteiger partial charge on any atom is -0.194 e. The van der Waals surface area contributed by atoms with Gasteiger partial charge in [0.2, 0.25) is 0 Å². The lowest BCUT2D eigenvalue weighted by atomic mass is 9.98. The van der Waals surface area contributed by atoms with Crippen LogP contribution in [-0.4, -0.2) is 17.8 Å². The van der Waals surface area contributed by atoms with Gasteiger partial charge >= 0.3 is 17.8 Å². The summed E-state index contributed by atoms with van der Waals surface area (Å²) >= 11 is 13.0. The van der Waals surface area contributed by atoms with Crippen molar-refractivity contribution < 1.29 is 26.3 Å². The van der Waals surface area contributed by atoms with Crippen LogP contribution in [0.5, 0.6) is 0 Å². The van der Waals surface area contributed by atoms with Crippen LogP contribution >= 0.6 is 45.9 Å². The van der Waals surface area contributed by atoms with Crippen molar-refractivity contribution in [3.63, 3.8) is 0 Å². The number of thiophene rings is 2. The maximum atomic E-state index is 14.2. The van der Waals surface area contributed by atoms with Crippen molar-refractivity contribution in [1.82, 2.24) is 0 Å². The molecule has 0 fully saturated rings. The third-order valence-electron chi connectivity index (χ3n) is 3.44. The normalized spacial score (nSPS) is 21.9. The van der Waals surface area contributed by atoms with E-state index >= 15 is 0 Å². The van der Waals surface area contributed by atoms with E-state index in [9.17, 15) is 26.3 Å². The molecule has 1 aliphatic carbocycles. The Bertz CT molecular complexity index is 741. The molecule has 2 aromatic rings. The van der Waals surface area contributed by atoms with Crippen molar-refractivity contribution in [3.05, 3.63) is 42.7 Å². The number of hydrogen-bond acceptors (Lipinski definition) is 2. The summed E-state index contributed by atoms with van der Waals surface area (Å²) in [6.07, 6.45) is 0. The molecule has 0 spiro atoms. The highest BCUT2D eigenvalue weighted by atomic mass is 35.5. The summed E-state index contributed by atoms with van der Waals surface area (Å²) in [6.45, 7) is 0. The van der Waals surface area contributed by atoms with E-state index in [0.717, 1.165) is 34.8 Å². The molecule has 0 atom stereocenters. The van der Waals surface area contributed by atoms with E-state index in [-0.39, 0.29) is 8.67 Å². The highest BCUT2D eigenvalue weighted by Crippen LogP contribution is 2.66. The predicted octanol–water partition coefficient (Wildman–Crippen LogP) is 6.95. The van der Waals surface area contributed by atoms with E-state index in [1.165, 1.54) is 10.8 Å². The van der Waals surface area contributed by atoms with Crippen LogP contribution in [0.4, 0.5) is 26.3 Å². The van der Waals surface area contributed by atoms with E-state index in [4.69, 9.17) is 23.2 Å². The maximum Gasteiger partial charge on any atom is 0.380 e. The van der Waals surface area contributed by atoms with Gasteiger partial charge in [-0.25, -0.2) is 0 Å². The standard InChI is InChI=1S/C13H4Cl2F6S2/c14-9-5(1-3-22-9)7-8(6-2-4-23-10(6)15)12(18,19)13(20,21)11(7,16)17/h1-4H. The van der Waals surface area contributed by atoms with Crippen LogP contribution < -0.4 is 0 Å². The van der Waals surface area contributed by atoms with Gasteiger partial charge in [-0.05, 0) is 22.9 Å². The Kier molecular flexibility index (Phi) is 3.83. The summed E-state index contributed by atoms with van der Waals surface area (Å²) < 4.78 is 84.0. The van der Waals surface area contributed by atoms with E-state index < -0.39 is 40.0 Å². The Labute approximate surface area is 143 Å². The maximum absolute atomic E-state index is 14.2. The zero-order chi connectivity index (χ0) is 17.2. The molecule has 3 rings (SSSR count). The van der Waals surface area contributed by atoms with Crippen LogP contribution in [-0.2, 0) is 0 Å². The summed E-state index contributed by atoms with van der Waals surface area (Å²) in [5.41, 5.74) is -4.07. The fourth-order valence-electron chi connectivity index (χ4n) is 2.38. The third kappa shape index (κ3) is 2.11. The molecule has 2 aromatic heterocycles. The minimum absolute atomic E-state index is 0.281. The highest BCUT2D eigenvalue weighted by molar-refractivity contribution is 7.15. The molecule has 2 heterocycles.